The SMILES string of the molecule is CCN=C(NN)Nc1cnn(C)c1. The van der Waals surface area contributed by atoms with E-state index in [1.165, 1.54) is 0 Å². The number of anilines is 1. The van der Waals surface area contributed by atoms with Crippen molar-refractivity contribution in [2.45, 2.75) is 6.92 Å². The number of rotatable bonds is 2. The number of aryl methyl sites for hydroxylation is 1. The minimum atomic E-state index is 0.538. The lowest BCUT2D eigenvalue weighted by atomic mass is 10.6. The number of guanidine groups is 1. The van der Waals surface area contributed by atoms with Crippen molar-refractivity contribution in [1.82, 2.24) is 15.2 Å². The normalized spacial score (nSPS) is 11.5. The van der Waals surface area contributed by atoms with Crippen LogP contribution in [-0.4, -0.2) is 22.3 Å². The highest BCUT2D eigenvalue weighted by molar-refractivity contribution is 5.92. The van der Waals surface area contributed by atoms with Crippen molar-refractivity contribution in [3.63, 3.8) is 0 Å². The summed E-state index contributed by atoms with van der Waals surface area (Å²) in [6, 6.07) is 0. The molecule has 1 heterocycles. The number of nitrogens with two attached hydrogens (primary N) is 1. The standard InChI is InChI=1S/C7H14N6/c1-3-9-7(12-8)11-6-4-10-13(2)5-6/h4-5H,3,8H2,1-2H3,(H2,9,11,12). The Morgan fingerprint density at radius 1 is 1.77 bits per heavy atom. The second kappa shape index (κ2) is 4.46. The summed E-state index contributed by atoms with van der Waals surface area (Å²) in [6.07, 6.45) is 3.53. The molecule has 0 aromatic carbocycles. The molecule has 0 bridgehead atoms. The molecule has 13 heavy (non-hydrogen) atoms. The Balaban J connectivity index is 2.61. The van der Waals surface area contributed by atoms with Gasteiger partial charge in [0.2, 0.25) is 5.96 Å². The van der Waals surface area contributed by atoms with Gasteiger partial charge in [-0.1, -0.05) is 0 Å². The van der Waals surface area contributed by atoms with E-state index in [-0.39, 0.29) is 0 Å². The van der Waals surface area contributed by atoms with Gasteiger partial charge < -0.3 is 5.32 Å². The van der Waals surface area contributed by atoms with Gasteiger partial charge in [-0.2, -0.15) is 5.10 Å². The molecule has 0 saturated carbocycles. The Kier molecular flexibility index (Phi) is 3.27. The Hall–Kier alpha value is -1.56. The number of hydrazine groups is 1. The zero-order chi connectivity index (χ0) is 9.68. The van der Waals surface area contributed by atoms with Gasteiger partial charge in [-0.25, -0.2) is 5.84 Å². The van der Waals surface area contributed by atoms with E-state index in [1.807, 2.05) is 20.2 Å². The first-order valence-electron chi connectivity index (χ1n) is 4.03. The van der Waals surface area contributed by atoms with Crippen LogP contribution in [0.5, 0.6) is 0 Å². The van der Waals surface area contributed by atoms with Crippen LogP contribution < -0.4 is 16.6 Å². The molecule has 0 aliphatic rings. The van der Waals surface area contributed by atoms with Gasteiger partial charge >= 0.3 is 0 Å². The van der Waals surface area contributed by atoms with Gasteiger partial charge in [-0.05, 0) is 6.92 Å². The molecule has 1 aromatic heterocycles. The van der Waals surface area contributed by atoms with E-state index in [1.54, 1.807) is 10.9 Å². The number of hydrogen-bond acceptors (Lipinski definition) is 3. The van der Waals surface area contributed by atoms with Gasteiger partial charge in [0.25, 0.3) is 0 Å². The number of hydrogen-bond donors (Lipinski definition) is 3. The van der Waals surface area contributed by atoms with Crippen LogP contribution in [0.15, 0.2) is 17.4 Å². The Bertz CT molecular complexity index is 289. The molecule has 0 amide bonds. The van der Waals surface area contributed by atoms with E-state index in [2.05, 4.69) is 20.8 Å². The van der Waals surface area contributed by atoms with Crippen LogP contribution in [-0.2, 0) is 7.05 Å². The third-order valence-electron chi connectivity index (χ3n) is 1.42. The van der Waals surface area contributed by atoms with Crippen molar-refractivity contribution in [3.8, 4) is 0 Å². The number of aromatic nitrogens is 2. The van der Waals surface area contributed by atoms with Crippen LogP contribution in [0, 0.1) is 0 Å². The van der Waals surface area contributed by atoms with Gasteiger partial charge in [0.05, 0.1) is 11.9 Å². The predicted octanol–water partition coefficient (Wildman–Crippen LogP) is -0.329. The van der Waals surface area contributed by atoms with E-state index in [0.717, 1.165) is 5.69 Å². The second-order valence-electron chi connectivity index (χ2n) is 2.49. The van der Waals surface area contributed by atoms with Crippen molar-refractivity contribution < 1.29 is 0 Å². The lowest BCUT2D eigenvalue weighted by molar-refractivity contribution is 0.768. The molecule has 0 unspecified atom stereocenters. The highest BCUT2D eigenvalue weighted by Crippen LogP contribution is 2.02. The fourth-order valence-electron chi connectivity index (χ4n) is 0.902. The fourth-order valence-corrected chi connectivity index (χ4v) is 0.902. The minimum absolute atomic E-state index is 0.538. The average molecular weight is 182 g/mol. The summed E-state index contributed by atoms with van der Waals surface area (Å²) in [5, 5.41) is 6.98. The molecule has 0 fully saturated rings. The maximum Gasteiger partial charge on any atom is 0.210 e. The number of nitrogens with one attached hydrogen (secondary N) is 2. The summed E-state index contributed by atoms with van der Waals surface area (Å²) in [6.45, 7) is 2.61. The first kappa shape index (κ1) is 9.53. The van der Waals surface area contributed by atoms with Gasteiger partial charge in [0.1, 0.15) is 0 Å². The molecule has 72 valence electrons. The molecular weight excluding hydrogens is 168 g/mol. The maximum absolute atomic E-state index is 5.24. The summed E-state index contributed by atoms with van der Waals surface area (Å²) >= 11 is 0. The fraction of sp³-hybridized carbons (Fsp3) is 0.429. The molecule has 0 aliphatic heterocycles. The molecular formula is C7H14N6. The smallest absolute Gasteiger partial charge is 0.210 e. The summed E-state index contributed by atoms with van der Waals surface area (Å²) in [7, 11) is 1.84. The molecule has 6 heteroatoms. The van der Waals surface area contributed by atoms with Crippen LogP contribution in [0.2, 0.25) is 0 Å². The summed E-state index contributed by atoms with van der Waals surface area (Å²) in [5.74, 6) is 5.78. The quantitative estimate of drug-likeness (QED) is 0.253. The highest BCUT2D eigenvalue weighted by Gasteiger charge is 1.98. The van der Waals surface area contributed by atoms with E-state index < -0.39 is 0 Å². The summed E-state index contributed by atoms with van der Waals surface area (Å²) in [4.78, 5) is 4.08. The third kappa shape index (κ3) is 2.75. The monoisotopic (exact) mass is 182 g/mol. The first-order valence-corrected chi connectivity index (χ1v) is 4.03. The molecule has 4 N–H and O–H groups in total. The van der Waals surface area contributed by atoms with E-state index in [4.69, 9.17) is 5.84 Å². The van der Waals surface area contributed by atoms with Crippen LogP contribution in [0.3, 0.4) is 0 Å². The van der Waals surface area contributed by atoms with E-state index >= 15 is 0 Å². The average Bonchev–Trinajstić information content (AvgIpc) is 2.50. The zero-order valence-corrected chi connectivity index (χ0v) is 7.78. The van der Waals surface area contributed by atoms with Crippen molar-refractivity contribution >= 4 is 11.6 Å². The van der Waals surface area contributed by atoms with Crippen LogP contribution in [0.4, 0.5) is 5.69 Å². The van der Waals surface area contributed by atoms with Gasteiger partial charge in [0.15, 0.2) is 0 Å². The van der Waals surface area contributed by atoms with Crippen molar-refractivity contribution in [1.29, 1.82) is 0 Å². The Morgan fingerprint density at radius 3 is 3.00 bits per heavy atom. The minimum Gasteiger partial charge on any atom is -0.323 e. The maximum atomic E-state index is 5.24. The van der Waals surface area contributed by atoms with Crippen molar-refractivity contribution in [2.24, 2.45) is 17.9 Å². The molecule has 1 rings (SSSR count). The summed E-state index contributed by atoms with van der Waals surface area (Å²) in [5.41, 5.74) is 3.32. The predicted molar refractivity (Wildman–Crippen MR) is 52.1 cm³/mol. The van der Waals surface area contributed by atoms with Crippen molar-refractivity contribution in [3.05, 3.63) is 12.4 Å². The van der Waals surface area contributed by atoms with E-state index in [9.17, 15) is 0 Å². The Morgan fingerprint density at radius 2 is 2.54 bits per heavy atom. The second-order valence-corrected chi connectivity index (χ2v) is 2.49. The lowest BCUT2D eigenvalue weighted by Crippen LogP contribution is -2.36. The molecule has 0 atom stereocenters. The van der Waals surface area contributed by atoms with Crippen LogP contribution >= 0.6 is 0 Å². The number of aliphatic imine (C=N–C) groups is 1. The zero-order valence-electron chi connectivity index (χ0n) is 7.78. The first-order chi connectivity index (χ1) is 6.26. The van der Waals surface area contributed by atoms with Crippen molar-refractivity contribution in [2.75, 3.05) is 11.9 Å². The topological polar surface area (TPSA) is 80.3 Å². The van der Waals surface area contributed by atoms with Gasteiger partial charge in [0, 0.05) is 19.8 Å². The highest BCUT2D eigenvalue weighted by atomic mass is 15.3. The lowest BCUT2D eigenvalue weighted by Gasteiger charge is -2.05. The third-order valence-corrected chi connectivity index (χ3v) is 1.42. The van der Waals surface area contributed by atoms with Crippen LogP contribution in [0.1, 0.15) is 6.92 Å². The summed E-state index contributed by atoms with van der Waals surface area (Å²) < 4.78 is 1.70. The van der Waals surface area contributed by atoms with Crippen LogP contribution in [0.25, 0.3) is 0 Å². The molecule has 1 aromatic rings. The molecule has 0 radical (unpaired) electrons. The molecule has 0 spiro atoms. The Labute approximate surface area is 76.8 Å². The largest absolute Gasteiger partial charge is 0.323 e. The molecule has 0 aliphatic carbocycles. The van der Waals surface area contributed by atoms with Gasteiger partial charge in [-0.3, -0.25) is 15.1 Å². The van der Waals surface area contributed by atoms with E-state index in [0.29, 0.717) is 12.5 Å². The van der Waals surface area contributed by atoms with Gasteiger partial charge in [-0.15, -0.1) is 0 Å². The number of nitrogens with zero attached hydrogens (tertiary/aromatic N) is 3. The molecule has 0 saturated heterocycles. The molecule has 6 nitrogen and oxygen atoms in total.